The summed E-state index contributed by atoms with van der Waals surface area (Å²) in [7, 11) is 0. The molecule has 186 valence electrons. The van der Waals surface area contributed by atoms with Gasteiger partial charge in [0.2, 0.25) is 11.8 Å². The van der Waals surface area contributed by atoms with E-state index >= 15 is 0 Å². The van der Waals surface area contributed by atoms with Crippen molar-refractivity contribution in [3.05, 3.63) is 59.7 Å². The zero-order valence-electron chi connectivity index (χ0n) is 20.8. The molecule has 1 atom stereocenters. The first-order chi connectivity index (χ1) is 16.6. The highest BCUT2D eigenvalue weighted by Gasteiger charge is 2.33. The lowest BCUT2D eigenvalue weighted by Gasteiger charge is -2.21. The van der Waals surface area contributed by atoms with E-state index in [9.17, 15) is 19.2 Å². The first-order valence-corrected chi connectivity index (χ1v) is 12.0. The van der Waals surface area contributed by atoms with Gasteiger partial charge in [-0.2, -0.15) is 0 Å². The monoisotopic (exact) mass is 478 g/mol. The number of rotatable bonds is 8. The molecule has 4 amide bonds. The fourth-order valence-electron chi connectivity index (χ4n) is 3.85. The van der Waals surface area contributed by atoms with Crippen LogP contribution in [0.25, 0.3) is 0 Å². The van der Waals surface area contributed by atoms with Crippen molar-refractivity contribution in [2.45, 2.75) is 52.5 Å². The Morgan fingerprint density at radius 1 is 0.971 bits per heavy atom. The minimum absolute atomic E-state index is 0.0158. The van der Waals surface area contributed by atoms with Crippen molar-refractivity contribution >= 4 is 35.0 Å². The van der Waals surface area contributed by atoms with Crippen LogP contribution in [0.4, 0.5) is 11.4 Å². The van der Waals surface area contributed by atoms with E-state index in [-0.39, 0.29) is 36.0 Å². The van der Waals surface area contributed by atoms with Crippen molar-refractivity contribution in [2.24, 2.45) is 5.92 Å². The van der Waals surface area contributed by atoms with E-state index in [1.54, 1.807) is 53.4 Å². The maximum absolute atomic E-state index is 12.8. The number of para-hydroxylation sites is 1. The molecule has 1 fully saturated rings. The number of carbonyl (C=O) groups is 4. The zero-order valence-corrected chi connectivity index (χ0v) is 20.8. The Hall–Kier alpha value is -3.68. The number of benzene rings is 2. The van der Waals surface area contributed by atoms with Gasteiger partial charge in [-0.3, -0.25) is 19.2 Å². The minimum atomic E-state index is -0.409. The lowest BCUT2D eigenvalue weighted by Crippen LogP contribution is -2.40. The van der Waals surface area contributed by atoms with Gasteiger partial charge in [-0.25, -0.2) is 0 Å². The smallest absolute Gasteiger partial charge is 0.255 e. The molecule has 0 aliphatic carbocycles. The molecule has 0 spiro atoms. The van der Waals surface area contributed by atoms with E-state index in [1.165, 1.54) is 0 Å². The standard InChI is InChI=1S/C27H34N4O4/c1-5-6-15-31-17-19(16-23(31)32)25(34)28-20-13-11-18(12-14-20)24(33)29-22-10-8-7-9-21(22)26(35)30-27(2,3)4/h7-14,19H,5-6,15-17H2,1-4H3,(H,28,34)(H,29,33)(H,30,35). The molecule has 1 heterocycles. The maximum Gasteiger partial charge on any atom is 0.255 e. The third-order valence-electron chi connectivity index (χ3n) is 5.69. The van der Waals surface area contributed by atoms with Crippen molar-refractivity contribution < 1.29 is 19.2 Å². The molecule has 0 bridgehead atoms. The molecule has 0 saturated carbocycles. The highest BCUT2D eigenvalue weighted by Crippen LogP contribution is 2.22. The average Bonchev–Trinajstić information content (AvgIpc) is 3.18. The molecule has 2 aromatic carbocycles. The normalized spacial score (nSPS) is 15.6. The lowest BCUT2D eigenvalue weighted by atomic mass is 10.1. The first kappa shape index (κ1) is 25.9. The van der Waals surface area contributed by atoms with Crippen LogP contribution in [0.3, 0.4) is 0 Å². The van der Waals surface area contributed by atoms with E-state index in [0.29, 0.717) is 35.6 Å². The Kier molecular flexibility index (Phi) is 8.27. The number of hydrogen-bond acceptors (Lipinski definition) is 4. The van der Waals surface area contributed by atoms with Crippen LogP contribution in [0.2, 0.25) is 0 Å². The van der Waals surface area contributed by atoms with Gasteiger partial charge in [0.25, 0.3) is 11.8 Å². The van der Waals surface area contributed by atoms with Crippen LogP contribution < -0.4 is 16.0 Å². The van der Waals surface area contributed by atoms with E-state index in [0.717, 1.165) is 12.8 Å². The zero-order chi connectivity index (χ0) is 25.6. The molecule has 1 saturated heterocycles. The lowest BCUT2D eigenvalue weighted by molar-refractivity contribution is -0.128. The van der Waals surface area contributed by atoms with Gasteiger partial charge in [0.1, 0.15) is 0 Å². The van der Waals surface area contributed by atoms with E-state index in [1.807, 2.05) is 20.8 Å². The topological polar surface area (TPSA) is 108 Å². The molecule has 1 aliphatic heterocycles. The highest BCUT2D eigenvalue weighted by molar-refractivity contribution is 6.09. The van der Waals surface area contributed by atoms with Crippen molar-refractivity contribution in [3.63, 3.8) is 0 Å². The van der Waals surface area contributed by atoms with Gasteiger partial charge in [-0.05, 0) is 63.6 Å². The summed E-state index contributed by atoms with van der Waals surface area (Å²) >= 11 is 0. The first-order valence-electron chi connectivity index (χ1n) is 12.0. The van der Waals surface area contributed by atoms with Gasteiger partial charge in [-0.1, -0.05) is 25.5 Å². The third kappa shape index (κ3) is 7.15. The summed E-state index contributed by atoms with van der Waals surface area (Å²) in [6, 6.07) is 13.3. The van der Waals surface area contributed by atoms with Crippen LogP contribution in [-0.4, -0.2) is 47.2 Å². The highest BCUT2D eigenvalue weighted by atomic mass is 16.2. The van der Waals surface area contributed by atoms with E-state index in [2.05, 4.69) is 22.9 Å². The van der Waals surface area contributed by atoms with Crippen LogP contribution in [0.15, 0.2) is 48.5 Å². The molecule has 1 unspecified atom stereocenters. The second kappa shape index (κ2) is 11.2. The van der Waals surface area contributed by atoms with E-state index in [4.69, 9.17) is 0 Å². The van der Waals surface area contributed by atoms with Crippen LogP contribution in [0.1, 0.15) is 67.7 Å². The van der Waals surface area contributed by atoms with Crippen molar-refractivity contribution in [1.29, 1.82) is 0 Å². The van der Waals surface area contributed by atoms with Crippen LogP contribution in [0.5, 0.6) is 0 Å². The quantitative estimate of drug-likeness (QED) is 0.532. The molecule has 3 rings (SSSR count). The van der Waals surface area contributed by atoms with Gasteiger partial charge in [-0.15, -0.1) is 0 Å². The predicted molar refractivity (Wildman–Crippen MR) is 136 cm³/mol. The molecule has 35 heavy (non-hydrogen) atoms. The number of likely N-dealkylation sites (tertiary alicyclic amines) is 1. The number of amides is 4. The second-order valence-electron chi connectivity index (χ2n) is 9.86. The molecule has 2 aromatic rings. The summed E-state index contributed by atoms with van der Waals surface area (Å²) in [6.07, 6.45) is 2.14. The Labute approximate surface area is 206 Å². The van der Waals surface area contributed by atoms with Gasteiger partial charge in [0.15, 0.2) is 0 Å². The maximum atomic E-state index is 12.8. The minimum Gasteiger partial charge on any atom is -0.347 e. The fraction of sp³-hybridized carbons (Fsp3) is 0.407. The Balaban J connectivity index is 1.61. The summed E-state index contributed by atoms with van der Waals surface area (Å²) in [5, 5.41) is 8.53. The summed E-state index contributed by atoms with van der Waals surface area (Å²) in [5.74, 6) is -1.20. The Bertz CT molecular complexity index is 1090. The van der Waals surface area contributed by atoms with Crippen molar-refractivity contribution in [3.8, 4) is 0 Å². The average molecular weight is 479 g/mol. The molecule has 1 aliphatic rings. The summed E-state index contributed by atoms with van der Waals surface area (Å²) in [6.45, 7) is 8.85. The largest absolute Gasteiger partial charge is 0.347 e. The number of anilines is 2. The molecular formula is C27H34N4O4. The number of nitrogens with one attached hydrogen (secondary N) is 3. The van der Waals surface area contributed by atoms with Gasteiger partial charge in [0.05, 0.1) is 17.2 Å². The van der Waals surface area contributed by atoms with Gasteiger partial charge < -0.3 is 20.9 Å². The SMILES string of the molecule is CCCCN1CC(C(=O)Nc2ccc(C(=O)Nc3ccccc3C(=O)NC(C)(C)C)cc2)CC1=O. The number of hydrogen-bond donors (Lipinski definition) is 3. The molecule has 8 heteroatoms. The Morgan fingerprint density at radius 2 is 1.66 bits per heavy atom. The predicted octanol–water partition coefficient (Wildman–Crippen LogP) is 4.05. The van der Waals surface area contributed by atoms with E-state index < -0.39 is 5.54 Å². The number of unbranched alkanes of at least 4 members (excludes halogenated alkanes) is 1. The molecule has 3 N–H and O–H groups in total. The molecular weight excluding hydrogens is 444 g/mol. The molecule has 0 radical (unpaired) electrons. The van der Waals surface area contributed by atoms with Crippen molar-refractivity contribution in [1.82, 2.24) is 10.2 Å². The number of nitrogens with zero attached hydrogens (tertiary/aromatic N) is 1. The fourth-order valence-corrected chi connectivity index (χ4v) is 3.85. The second-order valence-corrected chi connectivity index (χ2v) is 9.86. The van der Waals surface area contributed by atoms with Crippen LogP contribution in [-0.2, 0) is 9.59 Å². The molecule has 8 nitrogen and oxygen atoms in total. The summed E-state index contributed by atoms with van der Waals surface area (Å²) < 4.78 is 0. The van der Waals surface area contributed by atoms with Crippen LogP contribution in [0, 0.1) is 5.92 Å². The number of carbonyl (C=O) groups excluding carboxylic acids is 4. The van der Waals surface area contributed by atoms with Crippen molar-refractivity contribution in [2.75, 3.05) is 23.7 Å². The van der Waals surface area contributed by atoms with Gasteiger partial charge >= 0.3 is 0 Å². The third-order valence-corrected chi connectivity index (χ3v) is 5.69. The summed E-state index contributed by atoms with van der Waals surface area (Å²) in [5.41, 5.74) is 1.31. The molecule has 0 aromatic heterocycles. The van der Waals surface area contributed by atoms with Crippen LogP contribution >= 0.6 is 0 Å². The summed E-state index contributed by atoms with van der Waals surface area (Å²) in [4.78, 5) is 51.9. The van der Waals surface area contributed by atoms with Gasteiger partial charge in [0, 0.05) is 36.3 Å². The Morgan fingerprint density at radius 3 is 2.31 bits per heavy atom.